The number of hydrogen-bond donors (Lipinski definition) is 1. The third-order valence-electron chi connectivity index (χ3n) is 10.0. The molecular formula is C29H36N2. The smallest absolute Gasteiger partial charge is 0.0346 e. The van der Waals surface area contributed by atoms with Crippen LogP contribution in [-0.4, -0.2) is 18.1 Å². The van der Waals surface area contributed by atoms with E-state index in [0.717, 1.165) is 17.8 Å². The fourth-order valence-corrected chi connectivity index (χ4v) is 8.17. The van der Waals surface area contributed by atoms with Crippen LogP contribution < -0.4 is 5.32 Å². The summed E-state index contributed by atoms with van der Waals surface area (Å²) in [5.74, 6) is 2.51. The van der Waals surface area contributed by atoms with Crippen LogP contribution in [0.2, 0.25) is 0 Å². The van der Waals surface area contributed by atoms with Crippen molar-refractivity contribution in [2.24, 2.45) is 28.6 Å². The van der Waals surface area contributed by atoms with Crippen LogP contribution in [0.3, 0.4) is 0 Å². The highest BCUT2D eigenvalue weighted by atomic mass is 14.9. The largest absolute Gasteiger partial charge is 0.317 e. The average molecular weight is 413 g/mol. The normalized spacial score (nSPS) is 39.3. The molecule has 2 aromatic rings. The molecule has 0 spiro atoms. The average Bonchev–Trinajstić information content (AvgIpc) is 3.15. The molecule has 162 valence electrons. The number of nitrogens with one attached hydrogen (secondary N) is 1. The van der Waals surface area contributed by atoms with Gasteiger partial charge in [-0.1, -0.05) is 43.7 Å². The molecule has 1 aromatic heterocycles. The molecule has 0 radical (unpaired) electrons. The highest BCUT2D eigenvalue weighted by molar-refractivity contribution is 5.86. The molecule has 4 aliphatic rings. The van der Waals surface area contributed by atoms with Gasteiger partial charge in [-0.15, -0.1) is 0 Å². The van der Waals surface area contributed by atoms with E-state index in [9.17, 15) is 0 Å². The van der Waals surface area contributed by atoms with E-state index < -0.39 is 0 Å². The highest BCUT2D eigenvalue weighted by Crippen LogP contribution is 2.66. The van der Waals surface area contributed by atoms with Gasteiger partial charge in [0.25, 0.3) is 0 Å². The van der Waals surface area contributed by atoms with Crippen molar-refractivity contribution < 1.29 is 0 Å². The van der Waals surface area contributed by atoms with E-state index in [1.165, 1.54) is 61.3 Å². The molecule has 2 nitrogen and oxygen atoms in total. The van der Waals surface area contributed by atoms with Gasteiger partial charge in [0, 0.05) is 23.8 Å². The Morgan fingerprint density at radius 2 is 1.81 bits per heavy atom. The van der Waals surface area contributed by atoms with E-state index in [0.29, 0.717) is 16.9 Å². The second kappa shape index (κ2) is 7.04. The van der Waals surface area contributed by atoms with Crippen LogP contribution >= 0.6 is 0 Å². The van der Waals surface area contributed by atoms with Crippen LogP contribution in [-0.2, 0) is 0 Å². The van der Waals surface area contributed by atoms with Gasteiger partial charge in [-0.3, -0.25) is 4.98 Å². The number of rotatable bonds is 2. The lowest BCUT2D eigenvalue weighted by Crippen LogP contribution is -2.50. The molecule has 0 unspecified atom stereocenters. The van der Waals surface area contributed by atoms with Gasteiger partial charge in [0.05, 0.1) is 0 Å². The summed E-state index contributed by atoms with van der Waals surface area (Å²) in [5, 5.41) is 6.11. The van der Waals surface area contributed by atoms with Crippen LogP contribution in [0, 0.1) is 28.6 Å². The maximum absolute atomic E-state index is 4.36. The standard InChI is InChI=1S/C29H36N2/c1-28-13-10-23(30-3)17-22(28)6-7-24-26-9-8-25(29(26,2)14-11-27(24)28)20-5-4-19-12-15-31-18-21(19)16-20/h4-6,8,12,15-16,18,23-24,26-27,30H,7,9-11,13-14,17H2,1-3H3/t23-,24-,26-,27-,28-,29+/m0/s1. The van der Waals surface area contributed by atoms with Crippen LogP contribution in [0.5, 0.6) is 0 Å². The third-order valence-corrected chi connectivity index (χ3v) is 10.0. The fourth-order valence-electron chi connectivity index (χ4n) is 8.17. The van der Waals surface area contributed by atoms with Gasteiger partial charge in [0.15, 0.2) is 0 Å². The summed E-state index contributed by atoms with van der Waals surface area (Å²) < 4.78 is 0. The van der Waals surface area contributed by atoms with Crippen molar-refractivity contribution in [1.29, 1.82) is 0 Å². The second-order valence-electron chi connectivity index (χ2n) is 11.2. The number of nitrogens with zero attached hydrogens (tertiary/aromatic N) is 1. The van der Waals surface area contributed by atoms with Gasteiger partial charge in [-0.05, 0) is 109 Å². The lowest BCUT2D eigenvalue weighted by atomic mass is 9.47. The number of benzene rings is 1. The van der Waals surface area contributed by atoms with Gasteiger partial charge < -0.3 is 5.32 Å². The summed E-state index contributed by atoms with van der Waals surface area (Å²) in [7, 11) is 2.14. The van der Waals surface area contributed by atoms with Gasteiger partial charge in [0.2, 0.25) is 0 Å². The first-order valence-corrected chi connectivity index (χ1v) is 12.4. The summed E-state index contributed by atoms with van der Waals surface area (Å²) in [5.41, 5.74) is 5.57. The summed E-state index contributed by atoms with van der Waals surface area (Å²) in [6.07, 6.45) is 18.5. The maximum Gasteiger partial charge on any atom is 0.0346 e. The lowest BCUT2D eigenvalue weighted by Gasteiger charge is -2.58. The first kappa shape index (κ1) is 19.7. The summed E-state index contributed by atoms with van der Waals surface area (Å²) in [4.78, 5) is 4.36. The van der Waals surface area contributed by atoms with Crippen molar-refractivity contribution in [3.8, 4) is 0 Å². The molecule has 1 heterocycles. The van der Waals surface area contributed by atoms with Gasteiger partial charge >= 0.3 is 0 Å². The summed E-state index contributed by atoms with van der Waals surface area (Å²) in [6, 6.07) is 9.83. The minimum atomic E-state index is 0.320. The van der Waals surface area contributed by atoms with Crippen molar-refractivity contribution in [1.82, 2.24) is 10.3 Å². The Hall–Kier alpha value is -1.93. The van der Waals surface area contributed by atoms with Gasteiger partial charge in [-0.2, -0.15) is 0 Å². The summed E-state index contributed by atoms with van der Waals surface area (Å²) >= 11 is 0. The fraction of sp³-hybridized carbons (Fsp3) is 0.552. The number of aromatic nitrogens is 1. The minimum absolute atomic E-state index is 0.320. The Morgan fingerprint density at radius 1 is 0.935 bits per heavy atom. The van der Waals surface area contributed by atoms with E-state index in [1.54, 1.807) is 11.1 Å². The quantitative estimate of drug-likeness (QED) is 0.550. The van der Waals surface area contributed by atoms with E-state index >= 15 is 0 Å². The molecule has 31 heavy (non-hydrogen) atoms. The third kappa shape index (κ3) is 2.83. The molecule has 1 aromatic carbocycles. The SMILES string of the molecule is CN[C@H]1CC[C@@]2(C)C(=CC[C@@H]3[C@@H]2CC[C@]2(C)C(c4ccc5ccncc5c4)=CC[C@@H]32)C1. The zero-order valence-electron chi connectivity index (χ0n) is 19.3. The monoisotopic (exact) mass is 412 g/mol. The molecule has 0 bridgehead atoms. The Morgan fingerprint density at radius 3 is 2.68 bits per heavy atom. The van der Waals surface area contributed by atoms with Crippen molar-refractivity contribution in [2.45, 2.75) is 64.8 Å². The van der Waals surface area contributed by atoms with E-state index in [1.807, 2.05) is 12.4 Å². The first-order chi connectivity index (χ1) is 15.0. The van der Waals surface area contributed by atoms with E-state index in [2.05, 4.69) is 67.6 Å². The minimum Gasteiger partial charge on any atom is -0.317 e. The number of hydrogen-bond acceptors (Lipinski definition) is 2. The molecule has 6 rings (SSSR count). The predicted octanol–water partition coefficient (Wildman–Crippen LogP) is 6.78. The highest BCUT2D eigenvalue weighted by Gasteiger charge is 2.56. The second-order valence-corrected chi connectivity index (χ2v) is 11.2. The van der Waals surface area contributed by atoms with Crippen molar-refractivity contribution in [2.75, 3.05) is 7.05 Å². The zero-order valence-corrected chi connectivity index (χ0v) is 19.3. The van der Waals surface area contributed by atoms with Crippen molar-refractivity contribution >= 4 is 16.3 Å². The number of fused-ring (bicyclic) bond motifs is 6. The van der Waals surface area contributed by atoms with Crippen LogP contribution in [0.4, 0.5) is 0 Å². The Labute approximate surface area is 187 Å². The topological polar surface area (TPSA) is 24.9 Å². The molecule has 2 heteroatoms. The molecule has 2 saturated carbocycles. The number of pyridine rings is 1. The molecule has 6 atom stereocenters. The van der Waals surface area contributed by atoms with E-state index in [-0.39, 0.29) is 0 Å². The van der Waals surface area contributed by atoms with Gasteiger partial charge in [0.1, 0.15) is 0 Å². The predicted molar refractivity (Wildman–Crippen MR) is 130 cm³/mol. The Bertz CT molecular complexity index is 1080. The Kier molecular flexibility index (Phi) is 4.48. The van der Waals surface area contributed by atoms with Crippen molar-refractivity contribution in [3.05, 3.63) is 59.9 Å². The molecule has 1 N–H and O–H groups in total. The summed E-state index contributed by atoms with van der Waals surface area (Å²) in [6.45, 7) is 5.20. The maximum atomic E-state index is 4.36. The molecule has 4 aliphatic carbocycles. The lowest BCUT2D eigenvalue weighted by molar-refractivity contribution is -0.0122. The molecular weight excluding hydrogens is 376 g/mol. The molecule has 0 amide bonds. The van der Waals surface area contributed by atoms with Crippen LogP contribution in [0.1, 0.15) is 64.4 Å². The first-order valence-electron chi connectivity index (χ1n) is 12.4. The molecule has 0 aliphatic heterocycles. The van der Waals surface area contributed by atoms with Crippen molar-refractivity contribution in [3.63, 3.8) is 0 Å². The number of allylic oxidation sites excluding steroid dienone is 3. The zero-order chi connectivity index (χ0) is 21.2. The Balaban J connectivity index is 1.32. The molecule has 0 saturated heterocycles. The van der Waals surface area contributed by atoms with Gasteiger partial charge in [-0.25, -0.2) is 0 Å². The van der Waals surface area contributed by atoms with Crippen LogP contribution in [0.25, 0.3) is 16.3 Å². The van der Waals surface area contributed by atoms with E-state index in [4.69, 9.17) is 0 Å². The van der Waals surface area contributed by atoms with Crippen LogP contribution in [0.15, 0.2) is 54.4 Å². The molecule has 2 fully saturated rings.